The Bertz CT molecular complexity index is 1040. The number of benzene rings is 2. The predicted molar refractivity (Wildman–Crippen MR) is 150 cm³/mol. The van der Waals surface area contributed by atoms with Crippen LogP contribution >= 0.6 is 0 Å². The summed E-state index contributed by atoms with van der Waals surface area (Å²) in [5.74, 6) is 0.559. The highest BCUT2D eigenvalue weighted by atomic mass is 15.0. The molecular weight excluding hydrogens is 410 g/mol. The van der Waals surface area contributed by atoms with Crippen molar-refractivity contribution >= 4 is 24.3 Å². The van der Waals surface area contributed by atoms with Gasteiger partial charge in [-0.25, -0.2) is 0 Å². The first kappa shape index (κ1) is 25.7. The van der Waals surface area contributed by atoms with Crippen LogP contribution in [0.1, 0.15) is 89.0 Å². The van der Waals surface area contributed by atoms with Crippen molar-refractivity contribution in [3.05, 3.63) is 100 Å². The van der Waals surface area contributed by atoms with Gasteiger partial charge in [0.25, 0.3) is 0 Å². The molecule has 178 valence electrons. The van der Waals surface area contributed by atoms with E-state index in [2.05, 4.69) is 151 Å². The lowest BCUT2D eigenvalue weighted by Gasteiger charge is -2.18. The predicted octanol–water partition coefficient (Wildman–Crippen LogP) is 8.57. The molecule has 1 heteroatoms. The largest absolute Gasteiger partial charge is 0.205 e. The molecule has 0 fully saturated rings. The first-order valence-corrected chi connectivity index (χ1v) is 12.5. The second kappa shape index (κ2) is 10.6. The average Bonchev–Trinajstić information content (AvgIpc) is 2.76. The summed E-state index contributed by atoms with van der Waals surface area (Å²) in [5, 5.41) is 0. The van der Waals surface area contributed by atoms with Gasteiger partial charge in [0.1, 0.15) is 0 Å². The highest BCUT2D eigenvalue weighted by Gasteiger charge is 2.16. The van der Waals surface area contributed by atoms with Gasteiger partial charge in [-0.3, -0.25) is 0 Å². The van der Waals surface area contributed by atoms with Crippen LogP contribution in [0, 0.1) is 5.92 Å². The molecule has 0 saturated carbocycles. The molecule has 0 aliphatic heterocycles. The molecule has 1 nitrogen and oxygen atoms in total. The Kier molecular flexibility index (Phi) is 7.97. The normalized spacial score (nSPS) is 12.9. The molecule has 0 bridgehead atoms. The summed E-state index contributed by atoms with van der Waals surface area (Å²) in [6.07, 6.45) is 8.92. The Morgan fingerprint density at radius 3 is 1.29 bits per heavy atom. The summed E-state index contributed by atoms with van der Waals surface area (Å²) in [4.78, 5) is 0. The second-order valence-corrected chi connectivity index (χ2v) is 11.8. The smallest absolute Gasteiger partial charge is 0.192 e. The number of hydrogen-bond acceptors (Lipinski definition) is 0. The molecule has 0 aliphatic rings. The van der Waals surface area contributed by atoms with Crippen LogP contribution in [0.15, 0.2) is 66.7 Å². The fourth-order valence-electron chi connectivity index (χ4n) is 3.99. The van der Waals surface area contributed by atoms with E-state index in [1.807, 2.05) is 0 Å². The van der Waals surface area contributed by atoms with Crippen molar-refractivity contribution in [3.8, 4) is 0 Å². The summed E-state index contributed by atoms with van der Waals surface area (Å²) in [6.45, 7) is 19.1. The average molecular weight is 453 g/mol. The molecule has 0 saturated heterocycles. The lowest BCUT2D eigenvalue weighted by Crippen LogP contribution is -2.42. The maximum absolute atomic E-state index is 2.42. The van der Waals surface area contributed by atoms with Crippen LogP contribution in [-0.2, 0) is 17.4 Å². The third kappa shape index (κ3) is 7.03. The number of nitrogens with zero attached hydrogens (tertiary/aromatic N) is 1. The van der Waals surface area contributed by atoms with Gasteiger partial charge in [0.2, 0.25) is 11.4 Å². The molecule has 0 aliphatic carbocycles. The topological polar surface area (TPSA) is 3.88 Å². The van der Waals surface area contributed by atoms with E-state index in [0.717, 1.165) is 6.54 Å². The van der Waals surface area contributed by atoms with E-state index in [0.29, 0.717) is 5.92 Å². The number of rotatable bonds is 6. The summed E-state index contributed by atoms with van der Waals surface area (Å²) >= 11 is 0. The van der Waals surface area contributed by atoms with Crippen LogP contribution < -0.4 is 4.57 Å². The van der Waals surface area contributed by atoms with Gasteiger partial charge in [0, 0.05) is 30.2 Å². The third-order valence-corrected chi connectivity index (χ3v) is 6.15. The molecule has 0 radical (unpaired) electrons. The molecule has 0 N–H and O–H groups in total. The van der Waals surface area contributed by atoms with Gasteiger partial charge in [-0.2, -0.15) is 4.57 Å². The minimum absolute atomic E-state index is 0.177. The van der Waals surface area contributed by atoms with Gasteiger partial charge < -0.3 is 0 Å². The van der Waals surface area contributed by atoms with Crippen molar-refractivity contribution < 1.29 is 4.57 Å². The van der Waals surface area contributed by atoms with E-state index < -0.39 is 0 Å². The second-order valence-electron chi connectivity index (χ2n) is 11.8. The maximum atomic E-state index is 2.42. The zero-order valence-corrected chi connectivity index (χ0v) is 22.4. The Hall–Kier alpha value is -2.93. The van der Waals surface area contributed by atoms with Crippen molar-refractivity contribution in [2.24, 2.45) is 5.92 Å². The van der Waals surface area contributed by atoms with E-state index in [1.54, 1.807) is 0 Å². The fraction of sp³-hybridized carbons (Fsp3) is 0.364. The van der Waals surface area contributed by atoms with Crippen LogP contribution in [-0.4, -0.2) is 0 Å². The molecule has 2 aromatic carbocycles. The summed E-state index contributed by atoms with van der Waals surface area (Å²) < 4.78 is 2.42. The molecule has 3 aromatic rings. The Morgan fingerprint density at radius 2 is 0.971 bits per heavy atom. The fourth-order valence-corrected chi connectivity index (χ4v) is 3.99. The van der Waals surface area contributed by atoms with Gasteiger partial charge in [-0.05, 0) is 51.3 Å². The quantitative estimate of drug-likeness (QED) is 0.330. The SMILES string of the molecule is CC(C)C[n+]1c(/C=C/c2ccc(C(C)(C)C)cc2)cccc1/C=C/c1ccc(C(C)(C)C)cc1. The van der Waals surface area contributed by atoms with E-state index in [1.165, 1.54) is 33.6 Å². The van der Waals surface area contributed by atoms with Crippen molar-refractivity contribution in [3.63, 3.8) is 0 Å². The highest BCUT2D eigenvalue weighted by Crippen LogP contribution is 2.24. The highest BCUT2D eigenvalue weighted by molar-refractivity contribution is 5.69. The van der Waals surface area contributed by atoms with Gasteiger partial charge in [0.05, 0.1) is 0 Å². The minimum Gasteiger partial charge on any atom is -0.192 e. The van der Waals surface area contributed by atoms with Gasteiger partial charge >= 0.3 is 0 Å². The standard InChI is InChI=1S/C33H42N/c1-25(2)24-34-30(22-16-26-12-18-28(19-13-26)32(3,4)5)10-9-11-31(34)23-17-27-14-20-29(21-15-27)33(6,7)8/h9-23,25H,24H2,1-8H3/q+1/b22-16+,23-17+. The first-order valence-electron chi connectivity index (χ1n) is 12.5. The summed E-state index contributed by atoms with van der Waals surface area (Å²) in [5.41, 5.74) is 7.97. The molecule has 1 heterocycles. The Labute approximate surface area is 207 Å². The molecule has 0 spiro atoms. The lowest BCUT2D eigenvalue weighted by atomic mass is 9.87. The minimum atomic E-state index is 0.177. The van der Waals surface area contributed by atoms with Crippen molar-refractivity contribution in [1.29, 1.82) is 0 Å². The third-order valence-electron chi connectivity index (χ3n) is 6.15. The number of pyridine rings is 1. The first-order chi connectivity index (χ1) is 15.9. The van der Waals surface area contributed by atoms with Crippen molar-refractivity contribution in [1.82, 2.24) is 0 Å². The van der Waals surface area contributed by atoms with Gasteiger partial charge in [-0.1, -0.05) is 104 Å². The molecule has 34 heavy (non-hydrogen) atoms. The molecular formula is C33H42N+. The Balaban J connectivity index is 1.88. The maximum Gasteiger partial charge on any atom is 0.205 e. The van der Waals surface area contributed by atoms with Gasteiger partial charge in [-0.15, -0.1) is 0 Å². The molecule has 0 unspecified atom stereocenters. The van der Waals surface area contributed by atoms with Crippen LogP contribution in [0.3, 0.4) is 0 Å². The number of hydrogen-bond donors (Lipinski definition) is 0. The van der Waals surface area contributed by atoms with E-state index in [9.17, 15) is 0 Å². The van der Waals surface area contributed by atoms with Crippen LogP contribution in [0.4, 0.5) is 0 Å². The monoisotopic (exact) mass is 452 g/mol. The van der Waals surface area contributed by atoms with Gasteiger partial charge in [0.15, 0.2) is 6.54 Å². The Morgan fingerprint density at radius 1 is 0.588 bits per heavy atom. The zero-order chi connectivity index (χ0) is 24.9. The molecule has 0 atom stereocenters. The van der Waals surface area contributed by atoms with E-state index in [-0.39, 0.29) is 10.8 Å². The van der Waals surface area contributed by atoms with E-state index >= 15 is 0 Å². The summed E-state index contributed by atoms with van der Waals surface area (Å²) in [7, 11) is 0. The molecule has 1 aromatic heterocycles. The lowest BCUT2D eigenvalue weighted by molar-refractivity contribution is -0.705. The zero-order valence-electron chi connectivity index (χ0n) is 22.4. The van der Waals surface area contributed by atoms with Crippen molar-refractivity contribution in [2.45, 2.75) is 72.8 Å². The molecule has 0 amide bonds. The van der Waals surface area contributed by atoms with E-state index in [4.69, 9.17) is 0 Å². The van der Waals surface area contributed by atoms with Crippen LogP contribution in [0.25, 0.3) is 24.3 Å². The van der Waals surface area contributed by atoms with Crippen molar-refractivity contribution in [2.75, 3.05) is 0 Å². The van der Waals surface area contributed by atoms with Crippen LogP contribution in [0.2, 0.25) is 0 Å². The summed E-state index contributed by atoms with van der Waals surface area (Å²) in [6, 6.07) is 24.4. The number of aromatic nitrogens is 1. The molecule has 3 rings (SSSR count). The van der Waals surface area contributed by atoms with Crippen LogP contribution in [0.5, 0.6) is 0 Å².